The van der Waals surface area contributed by atoms with E-state index < -0.39 is 0 Å². The SMILES string of the molecule is Clc1ccc(CCNC2CCCc3c2[nH]c2cc4ccccc4cc32)cc1. The normalized spacial score (nSPS) is 16.7. The summed E-state index contributed by atoms with van der Waals surface area (Å²) in [5.74, 6) is 0. The van der Waals surface area contributed by atoms with Gasteiger partial charge in [-0.05, 0) is 78.4 Å². The van der Waals surface area contributed by atoms with Crippen LogP contribution < -0.4 is 5.32 Å². The van der Waals surface area contributed by atoms with Crippen molar-refractivity contribution >= 4 is 33.3 Å². The van der Waals surface area contributed by atoms with E-state index in [1.165, 1.54) is 57.8 Å². The van der Waals surface area contributed by atoms with E-state index in [0.717, 1.165) is 18.0 Å². The van der Waals surface area contributed by atoms with E-state index in [4.69, 9.17) is 11.6 Å². The smallest absolute Gasteiger partial charge is 0.0476 e. The number of H-pyrrole nitrogens is 1. The summed E-state index contributed by atoms with van der Waals surface area (Å²) in [6.07, 6.45) is 4.63. The number of halogens is 1. The lowest BCUT2D eigenvalue weighted by atomic mass is 9.91. The third kappa shape index (κ3) is 3.24. The quantitative estimate of drug-likeness (QED) is 0.438. The first kappa shape index (κ1) is 16.9. The third-order valence-corrected chi connectivity index (χ3v) is 6.04. The zero-order chi connectivity index (χ0) is 18.2. The summed E-state index contributed by atoms with van der Waals surface area (Å²) in [5, 5.41) is 8.60. The maximum Gasteiger partial charge on any atom is 0.0476 e. The van der Waals surface area contributed by atoms with E-state index >= 15 is 0 Å². The van der Waals surface area contributed by atoms with Crippen molar-refractivity contribution in [2.75, 3.05) is 6.54 Å². The maximum absolute atomic E-state index is 5.98. The van der Waals surface area contributed by atoms with Crippen molar-refractivity contribution in [3.8, 4) is 0 Å². The molecule has 0 fully saturated rings. The Bertz CT molecular complexity index is 1090. The average molecular weight is 375 g/mol. The molecule has 27 heavy (non-hydrogen) atoms. The lowest BCUT2D eigenvalue weighted by Crippen LogP contribution is -2.27. The van der Waals surface area contributed by atoms with Gasteiger partial charge in [-0.25, -0.2) is 0 Å². The second kappa shape index (κ2) is 7.03. The minimum atomic E-state index is 0.413. The molecule has 0 radical (unpaired) electrons. The summed E-state index contributed by atoms with van der Waals surface area (Å²) in [6, 6.07) is 21.9. The van der Waals surface area contributed by atoms with Gasteiger partial charge in [0.25, 0.3) is 0 Å². The van der Waals surface area contributed by atoms with Gasteiger partial charge in [0.15, 0.2) is 0 Å². The van der Waals surface area contributed by atoms with E-state index in [2.05, 4.69) is 58.8 Å². The Labute approximate surface area is 164 Å². The molecule has 1 unspecified atom stereocenters. The fraction of sp³-hybridized carbons (Fsp3) is 0.250. The second-order valence-electron chi connectivity index (χ2n) is 7.54. The van der Waals surface area contributed by atoms with Crippen LogP contribution in [0.2, 0.25) is 5.02 Å². The predicted molar refractivity (Wildman–Crippen MR) is 115 cm³/mol. The van der Waals surface area contributed by atoms with E-state index in [9.17, 15) is 0 Å². The first-order valence-electron chi connectivity index (χ1n) is 9.79. The van der Waals surface area contributed by atoms with Crippen LogP contribution in [0.1, 0.15) is 35.7 Å². The van der Waals surface area contributed by atoms with Crippen LogP contribution >= 0.6 is 11.6 Å². The number of hydrogen-bond acceptors (Lipinski definition) is 1. The highest BCUT2D eigenvalue weighted by Gasteiger charge is 2.24. The van der Waals surface area contributed by atoms with Crippen molar-refractivity contribution in [2.45, 2.75) is 31.7 Å². The molecule has 2 nitrogen and oxygen atoms in total. The zero-order valence-corrected chi connectivity index (χ0v) is 16.0. The van der Waals surface area contributed by atoms with Gasteiger partial charge in [0.2, 0.25) is 0 Å². The molecule has 5 rings (SSSR count). The zero-order valence-electron chi connectivity index (χ0n) is 15.3. The summed E-state index contributed by atoms with van der Waals surface area (Å²) in [5.41, 5.74) is 5.49. The number of fused-ring (bicyclic) bond motifs is 4. The minimum absolute atomic E-state index is 0.413. The summed E-state index contributed by atoms with van der Waals surface area (Å²) in [7, 11) is 0. The second-order valence-corrected chi connectivity index (χ2v) is 7.97. The Balaban J connectivity index is 1.40. The van der Waals surface area contributed by atoms with Crippen LogP contribution in [-0.2, 0) is 12.8 Å². The molecular formula is C24H23ClN2. The van der Waals surface area contributed by atoms with Crippen molar-refractivity contribution in [1.82, 2.24) is 10.3 Å². The molecule has 0 amide bonds. The molecule has 0 saturated carbocycles. The van der Waals surface area contributed by atoms with Gasteiger partial charge in [0.1, 0.15) is 0 Å². The fourth-order valence-electron chi connectivity index (χ4n) is 4.40. The maximum atomic E-state index is 5.98. The number of aryl methyl sites for hydroxylation is 1. The molecule has 0 spiro atoms. The molecule has 0 saturated heterocycles. The topological polar surface area (TPSA) is 27.8 Å². The molecule has 1 aliphatic carbocycles. The molecule has 1 atom stereocenters. The minimum Gasteiger partial charge on any atom is -0.357 e. The molecule has 3 aromatic carbocycles. The number of aromatic nitrogens is 1. The highest BCUT2D eigenvalue weighted by Crippen LogP contribution is 2.36. The number of benzene rings is 3. The lowest BCUT2D eigenvalue weighted by Gasteiger charge is -2.24. The third-order valence-electron chi connectivity index (χ3n) is 5.79. The molecule has 1 aromatic heterocycles. The lowest BCUT2D eigenvalue weighted by molar-refractivity contribution is 0.456. The van der Waals surface area contributed by atoms with Crippen molar-refractivity contribution in [1.29, 1.82) is 0 Å². The van der Waals surface area contributed by atoms with Gasteiger partial charge < -0.3 is 10.3 Å². The monoisotopic (exact) mass is 374 g/mol. The van der Waals surface area contributed by atoms with Crippen molar-refractivity contribution in [2.24, 2.45) is 0 Å². The van der Waals surface area contributed by atoms with Gasteiger partial charge in [-0.3, -0.25) is 0 Å². The van der Waals surface area contributed by atoms with Crippen LogP contribution in [0.4, 0.5) is 0 Å². The molecule has 2 N–H and O–H groups in total. The van der Waals surface area contributed by atoms with E-state index in [1.54, 1.807) is 0 Å². The number of hydrogen-bond donors (Lipinski definition) is 2. The van der Waals surface area contributed by atoms with Crippen molar-refractivity contribution in [3.63, 3.8) is 0 Å². The van der Waals surface area contributed by atoms with Crippen LogP contribution in [0.5, 0.6) is 0 Å². The number of nitrogens with one attached hydrogen (secondary N) is 2. The summed E-state index contributed by atoms with van der Waals surface area (Å²) in [4.78, 5) is 3.73. The molecule has 0 bridgehead atoms. The van der Waals surface area contributed by atoms with E-state index in [0.29, 0.717) is 6.04 Å². The number of rotatable bonds is 4. The summed E-state index contributed by atoms with van der Waals surface area (Å²) in [6.45, 7) is 0.975. The van der Waals surface area contributed by atoms with Crippen LogP contribution in [0.25, 0.3) is 21.7 Å². The Morgan fingerprint density at radius 3 is 2.59 bits per heavy atom. The molecule has 1 heterocycles. The predicted octanol–water partition coefficient (Wildman–Crippen LogP) is 6.18. The molecular weight excluding hydrogens is 352 g/mol. The Kier molecular flexibility index (Phi) is 4.39. The van der Waals surface area contributed by atoms with Crippen molar-refractivity contribution in [3.05, 3.63) is 82.5 Å². The van der Waals surface area contributed by atoms with Gasteiger partial charge in [-0.2, -0.15) is 0 Å². The van der Waals surface area contributed by atoms with Gasteiger partial charge >= 0.3 is 0 Å². The van der Waals surface area contributed by atoms with Crippen molar-refractivity contribution < 1.29 is 0 Å². The van der Waals surface area contributed by atoms with Gasteiger partial charge in [0.05, 0.1) is 0 Å². The first-order chi connectivity index (χ1) is 13.3. The Morgan fingerprint density at radius 2 is 1.78 bits per heavy atom. The molecule has 1 aliphatic rings. The average Bonchev–Trinajstić information content (AvgIpc) is 3.06. The fourth-order valence-corrected chi connectivity index (χ4v) is 4.52. The van der Waals surface area contributed by atoms with Crippen LogP contribution in [0.15, 0.2) is 60.7 Å². The Morgan fingerprint density at radius 1 is 1.00 bits per heavy atom. The molecule has 3 heteroatoms. The van der Waals surface area contributed by atoms with Crippen LogP contribution in [0, 0.1) is 0 Å². The van der Waals surface area contributed by atoms with Crippen LogP contribution in [-0.4, -0.2) is 11.5 Å². The van der Waals surface area contributed by atoms with E-state index in [1.807, 2.05) is 12.1 Å². The van der Waals surface area contributed by atoms with Gasteiger partial charge in [0, 0.05) is 27.7 Å². The molecule has 0 aliphatic heterocycles. The van der Waals surface area contributed by atoms with Crippen LogP contribution in [0.3, 0.4) is 0 Å². The highest BCUT2D eigenvalue weighted by molar-refractivity contribution is 6.30. The Hall–Kier alpha value is -2.29. The van der Waals surface area contributed by atoms with Gasteiger partial charge in [-0.15, -0.1) is 0 Å². The largest absolute Gasteiger partial charge is 0.357 e. The highest BCUT2D eigenvalue weighted by atomic mass is 35.5. The summed E-state index contributed by atoms with van der Waals surface area (Å²) >= 11 is 5.98. The first-order valence-corrected chi connectivity index (χ1v) is 10.2. The van der Waals surface area contributed by atoms with Gasteiger partial charge in [-0.1, -0.05) is 48.0 Å². The molecule has 136 valence electrons. The standard InChI is InChI=1S/C24H23ClN2/c25-19-10-8-16(9-11-19)12-13-26-22-7-3-6-20-21-14-17-4-1-2-5-18(17)15-23(21)27-24(20)22/h1-2,4-5,8-11,14-15,22,26-27H,3,6-7,12-13H2. The molecule has 4 aromatic rings. The number of aromatic amines is 1. The summed E-state index contributed by atoms with van der Waals surface area (Å²) < 4.78 is 0. The van der Waals surface area contributed by atoms with E-state index in [-0.39, 0.29) is 0 Å².